The van der Waals surface area contributed by atoms with Crippen molar-refractivity contribution in [2.75, 3.05) is 40.8 Å². The summed E-state index contributed by atoms with van der Waals surface area (Å²) in [6, 6.07) is 8.41. The Morgan fingerprint density at radius 2 is 1.74 bits per heavy atom. The van der Waals surface area contributed by atoms with Gasteiger partial charge in [0.25, 0.3) is 0 Å². The molecule has 1 aromatic rings. The second kappa shape index (κ2) is 8.71. The molecule has 0 aliphatic rings. The molecule has 0 radical (unpaired) electrons. The smallest absolute Gasteiger partial charge is 0.0555 e. The van der Waals surface area contributed by atoms with Crippen molar-refractivity contribution in [3.63, 3.8) is 0 Å². The minimum atomic E-state index is 0.413. The molecule has 0 unspecified atom stereocenters. The van der Waals surface area contributed by atoms with E-state index in [-0.39, 0.29) is 0 Å². The van der Waals surface area contributed by atoms with Gasteiger partial charge in [0.2, 0.25) is 0 Å². The number of benzene rings is 1. The second-order valence-corrected chi connectivity index (χ2v) is 5.10. The second-order valence-electron chi connectivity index (χ2n) is 5.10. The van der Waals surface area contributed by atoms with Gasteiger partial charge in [0.1, 0.15) is 0 Å². The summed E-state index contributed by atoms with van der Waals surface area (Å²) in [6.45, 7) is 3.65. The summed E-state index contributed by atoms with van der Waals surface area (Å²) in [5.74, 6) is 5.90. The molecule has 0 atom stereocenters. The van der Waals surface area contributed by atoms with Crippen LogP contribution in [0.15, 0.2) is 24.3 Å². The molecular weight excluding hydrogens is 234 g/mol. The maximum absolute atomic E-state index is 5.36. The van der Waals surface area contributed by atoms with Crippen LogP contribution in [0, 0.1) is 11.8 Å². The van der Waals surface area contributed by atoms with Gasteiger partial charge >= 0.3 is 0 Å². The molecule has 0 heterocycles. The normalized spacial score (nSPS) is 10.6. The minimum absolute atomic E-state index is 0.413. The quantitative estimate of drug-likeness (QED) is 0.783. The van der Waals surface area contributed by atoms with Crippen molar-refractivity contribution in [1.29, 1.82) is 0 Å². The molecule has 0 spiro atoms. The molecule has 2 N–H and O–H groups in total. The fourth-order valence-electron chi connectivity index (χ4n) is 1.89. The summed E-state index contributed by atoms with van der Waals surface area (Å²) in [6.07, 6.45) is 1.20. The van der Waals surface area contributed by atoms with E-state index in [0.717, 1.165) is 25.2 Å². The summed E-state index contributed by atoms with van der Waals surface area (Å²) in [5, 5.41) is 0. The highest BCUT2D eigenvalue weighted by Crippen LogP contribution is 2.06. The third-order valence-electron chi connectivity index (χ3n) is 2.89. The molecule has 1 aromatic carbocycles. The molecule has 0 aromatic heterocycles. The maximum Gasteiger partial charge on any atom is 0.0555 e. The highest BCUT2D eigenvalue weighted by Gasteiger charge is 2.00. The Labute approximate surface area is 117 Å². The predicted octanol–water partition coefficient (Wildman–Crippen LogP) is 1.38. The number of hydrogen-bond donors (Lipinski definition) is 1. The standard InChI is InChI=1S/C16H25N3/c1-18(2)12-5-13-19(3)14-16-9-7-15(8-10-16)6-4-11-17/h7-10H,5,11-14,17H2,1-3H3. The van der Waals surface area contributed by atoms with Gasteiger partial charge in [-0.1, -0.05) is 24.0 Å². The van der Waals surface area contributed by atoms with Gasteiger partial charge < -0.3 is 15.5 Å². The average Bonchev–Trinajstić information content (AvgIpc) is 2.37. The summed E-state index contributed by atoms with van der Waals surface area (Å²) in [4.78, 5) is 4.57. The number of rotatable bonds is 6. The van der Waals surface area contributed by atoms with Crippen LogP contribution < -0.4 is 5.73 Å². The van der Waals surface area contributed by atoms with Crippen molar-refractivity contribution < 1.29 is 0 Å². The lowest BCUT2D eigenvalue weighted by Crippen LogP contribution is -2.23. The molecule has 0 saturated heterocycles. The summed E-state index contributed by atoms with van der Waals surface area (Å²) in [5.41, 5.74) is 7.71. The molecule has 0 fully saturated rings. The lowest BCUT2D eigenvalue weighted by Gasteiger charge is -2.18. The number of nitrogens with zero attached hydrogens (tertiary/aromatic N) is 2. The topological polar surface area (TPSA) is 32.5 Å². The van der Waals surface area contributed by atoms with E-state index in [4.69, 9.17) is 5.73 Å². The van der Waals surface area contributed by atoms with Crippen LogP contribution in [-0.4, -0.2) is 50.6 Å². The summed E-state index contributed by atoms with van der Waals surface area (Å²) < 4.78 is 0. The first-order valence-corrected chi connectivity index (χ1v) is 6.73. The van der Waals surface area contributed by atoms with Crippen LogP contribution in [0.4, 0.5) is 0 Å². The van der Waals surface area contributed by atoms with E-state index >= 15 is 0 Å². The van der Waals surface area contributed by atoms with Gasteiger partial charge in [-0.25, -0.2) is 0 Å². The molecule has 3 heteroatoms. The maximum atomic E-state index is 5.36. The van der Waals surface area contributed by atoms with Crippen LogP contribution >= 0.6 is 0 Å². The molecule has 0 saturated carbocycles. The Bertz CT molecular complexity index is 412. The molecule has 1 rings (SSSR count). The van der Waals surface area contributed by atoms with Crippen LogP contribution in [0.1, 0.15) is 17.5 Å². The summed E-state index contributed by atoms with van der Waals surface area (Å²) in [7, 11) is 6.39. The third-order valence-corrected chi connectivity index (χ3v) is 2.89. The van der Waals surface area contributed by atoms with Crippen molar-refractivity contribution in [2.45, 2.75) is 13.0 Å². The first kappa shape index (κ1) is 15.7. The Hall–Kier alpha value is -1.34. The van der Waals surface area contributed by atoms with Gasteiger partial charge in [-0.15, -0.1) is 0 Å². The molecule has 19 heavy (non-hydrogen) atoms. The van der Waals surface area contributed by atoms with E-state index in [9.17, 15) is 0 Å². The van der Waals surface area contributed by atoms with E-state index in [2.05, 4.69) is 67.0 Å². The molecule has 3 nitrogen and oxygen atoms in total. The van der Waals surface area contributed by atoms with E-state index in [0.29, 0.717) is 6.54 Å². The van der Waals surface area contributed by atoms with Crippen LogP contribution in [0.2, 0.25) is 0 Å². The lowest BCUT2D eigenvalue weighted by molar-refractivity contribution is 0.294. The predicted molar refractivity (Wildman–Crippen MR) is 81.9 cm³/mol. The van der Waals surface area contributed by atoms with Gasteiger partial charge in [-0.05, 0) is 58.3 Å². The van der Waals surface area contributed by atoms with E-state index in [1.807, 2.05) is 0 Å². The van der Waals surface area contributed by atoms with Crippen LogP contribution in [0.3, 0.4) is 0 Å². The molecule has 0 amide bonds. The third kappa shape index (κ3) is 6.97. The van der Waals surface area contributed by atoms with E-state index < -0.39 is 0 Å². The van der Waals surface area contributed by atoms with Crippen molar-refractivity contribution in [2.24, 2.45) is 5.73 Å². The van der Waals surface area contributed by atoms with Crippen LogP contribution in [-0.2, 0) is 6.54 Å². The van der Waals surface area contributed by atoms with Gasteiger partial charge in [0.15, 0.2) is 0 Å². The van der Waals surface area contributed by atoms with Crippen molar-refractivity contribution in [3.05, 3.63) is 35.4 Å². The number of hydrogen-bond acceptors (Lipinski definition) is 3. The summed E-state index contributed by atoms with van der Waals surface area (Å²) >= 11 is 0. The SMILES string of the molecule is CN(C)CCCN(C)Cc1ccc(C#CCN)cc1. The van der Waals surface area contributed by atoms with Crippen LogP contribution in [0.5, 0.6) is 0 Å². The Kier molecular flexibility index (Phi) is 7.20. The first-order chi connectivity index (χ1) is 9.11. The zero-order valence-corrected chi connectivity index (χ0v) is 12.3. The molecule has 0 bridgehead atoms. The molecule has 104 valence electrons. The van der Waals surface area contributed by atoms with Crippen molar-refractivity contribution in [1.82, 2.24) is 9.80 Å². The highest BCUT2D eigenvalue weighted by molar-refractivity contribution is 5.36. The molecule has 0 aliphatic heterocycles. The Morgan fingerprint density at radius 1 is 1.05 bits per heavy atom. The largest absolute Gasteiger partial charge is 0.320 e. The van der Waals surface area contributed by atoms with Gasteiger partial charge in [0, 0.05) is 12.1 Å². The van der Waals surface area contributed by atoms with E-state index in [1.54, 1.807) is 0 Å². The van der Waals surface area contributed by atoms with Gasteiger partial charge in [0.05, 0.1) is 6.54 Å². The van der Waals surface area contributed by atoms with Crippen LogP contribution in [0.25, 0.3) is 0 Å². The van der Waals surface area contributed by atoms with E-state index in [1.165, 1.54) is 12.0 Å². The van der Waals surface area contributed by atoms with Gasteiger partial charge in [-0.3, -0.25) is 0 Å². The Balaban J connectivity index is 2.40. The first-order valence-electron chi connectivity index (χ1n) is 6.73. The van der Waals surface area contributed by atoms with Crippen molar-refractivity contribution in [3.8, 4) is 11.8 Å². The monoisotopic (exact) mass is 259 g/mol. The van der Waals surface area contributed by atoms with Crippen molar-refractivity contribution >= 4 is 0 Å². The minimum Gasteiger partial charge on any atom is -0.320 e. The Morgan fingerprint density at radius 3 is 2.32 bits per heavy atom. The molecule has 0 aliphatic carbocycles. The molecular formula is C16H25N3. The fourth-order valence-corrected chi connectivity index (χ4v) is 1.89. The van der Waals surface area contributed by atoms with Gasteiger partial charge in [-0.2, -0.15) is 0 Å². The average molecular weight is 259 g/mol. The lowest BCUT2D eigenvalue weighted by atomic mass is 10.1. The number of nitrogens with two attached hydrogens (primary N) is 1. The zero-order chi connectivity index (χ0) is 14.1. The fraction of sp³-hybridized carbons (Fsp3) is 0.500. The highest BCUT2D eigenvalue weighted by atomic mass is 15.1. The zero-order valence-electron chi connectivity index (χ0n) is 12.3.